The van der Waals surface area contributed by atoms with Gasteiger partial charge in [-0.25, -0.2) is 0 Å². The van der Waals surface area contributed by atoms with E-state index < -0.39 is 34.2 Å². The van der Waals surface area contributed by atoms with Gasteiger partial charge in [-0.15, -0.1) is 0 Å². The normalized spacial score (nSPS) is 41.3. The smallest absolute Gasteiger partial charge is 0.166 e. The molecule has 2 saturated carbocycles. The van der Waals surface area contributed by atoms with Gasteiger partial charge in [-0.1, -0.05) is 12.1 Å². The number of benzene rings is 2. The Balaban J connectivity index is 1.03. The molecule has 2 spiro atoms. The predicted molar refractivity (Wildman–Crippen MR) is 177 cm³/mol. The number of fused-ring (bicyclic) bond motifs is 5. The molecule has 4 aliphatic heterocycles. The van der Waals surface area contributed by atoms with Crippen molar-refractivity contribution in [3.05, 3.63) is 69.0 Å². The molecule has 5 N–H and O–H groups in total. The van der Waals surface area contributed by atoms with Crippen LogP contribution in [0.4, 0.5) is 0 Å². The largest absolute Gasteiger partial charge is 0.504 e. The van der Waals surface area contributed by atoms with Crippen LogP contribution in [0.3, 0.4) is 0 Å². The van der Waals surface area contributed by atoms with Crippen LogP contribution >= 0.6 is 0 Å². The molecule has 254 valence electrons. The summed E-state index contributed by atoms with van der Waals surface area (Å²) in [4.78, 5) is 9.05. The van der Waals surface area contributed by atoms with E-state index in [1.807, 2.05) is 0 Å². The van der Waals surface area contributed by atoms with Crippen molar-refractivity contribution < 1.29 is 29.9 Å². The van der Waals surface area contributed by atoms with Crippen LogP contribution in [0, 0.1) is 11.8 Å². The van der Waals surface area contributed by atoms with Gasteiger partial charge in [-0.2, -0.15) is 0 Å². The number of phenols is 2. The van der Waals surface area contributed by atoms with Crippen molar-refractivity contribution in [2.24, 2.45) is 11.8 Å². The number of aliphatic hydroxyl groups is 2. The van der Waals surface area contributed by atoms with Crippen molar-refractivity contribution in [1.29, 1.82) is 0 Å². The van der Waals surface area contributed by atoms with E-state index in [9.17, 15) is 20.4 Å². The van der Waals surface area contributed by atoms with E-state index in [2.05, 4.69) is 26.9 Å². The summed E-state index contributed by atoms with van der Waals surface area (Å²) in [5, 5.41) is 49.4. The Hall–Kier alpha value is -3.24. The number of aromatic hydroxyl groups is 2. The second-order valence-corrected chi connectivity index (χ2v) is 17.8. The summed E-state index contributed by atoms with van der Waals surface area (Å²) in [7, 11) is 0. The first-order chi connectivity index (χ1) is 23.7. The molecule has 9 nitrogen and oxygen atoms in total. The number of piperidine rings is 2. The molecule has 0 amide bonds. The van der Waals surface area contributed by atoms with E-state index in [0.717, 1.165) is 85.5 Å². The van der Waals surface area contributed by atoms with Crippen LogP contribution in [0.5, 0.6) is 23.0 Å². The van der Waals surface area contributed by atoms with Crippen LogP contribution in [0.1, 0.15) is 95.5 Å². The Morgan fingerprint density at radius 1 is 0.673 bits per heavy atom. The average molecular weight is 662 g/mol. The van der Waals surface area contributed by atoms with Crippen LogP contribution < -0.4 is 9.47 Å². The summed E-state index contributed by atoms with van der Waals surface area (Å²) in [6.07, 6.45) is 8.06. The number of phenolic OH excluding ortho intramolecular Hbond substituents is 2. The quantitative estimate of drug-likeness (QED) is 0.286. The number of ether oxygens (including phenoxy) is 2. The first kappa shape index (κ1) is 27.5. The van der Waals surface area contributed by atoms with Gasteiger partial charge in [0.25, 0.3) is 0 Å². The topological polar surface area (TPSA) is 122 Å². The lowest BCUT2D eigenvalue weighted by Gasteiger charge is -2.63. The first-order valence-electron chi connectivity index (χ1n) is 19.0. The third-order valence-electron chi connectivity index (χ3n) is 15.7. The summed E-state index contributed by atoms with van der Waals surface area (Å²) in [5.74, 6) is 2.77. The van der Waals surface area contributed by atoms with Gasteiger partial charge in [0, 0.05) is 49.1 Å². The molecule has 6 aliphatic carbocycles. The van der Waals surface area contributed by atoms with Gasteiger partial charge in [0.05, 0.1) is 33.4 Å². The van der Waals surface area contributed by atoms with E-state index in [-0.39, 0.29) is 23.6 Å². The minimum absolute atomic E-state index is 0.0535. The molecule has 0 radical (unpaired) electrons. The maximum absolute atomic E-state index is 13.5. The average Bonchev–Trinajstić information content (AvgIpc) is 3.98. The maximum atomic E-state index is 13.5. The van der Waals surface area contributed by atoms with Gasteiger partial charge >= 0.3 is 0 Å². The molecule has 10 aliphatic rings. The molecule has 2 aromatic carbocycles. The minimum atomic E-state index is -1.09. The van der Waals surface area contributed by atoms with Gasteiger partial charge in [0.15, 0.2) is 35.2 Å². The van der Waals surface area contributed by atoms with E-state index in [4.69, 9.17) is 9.47 Å². The van der Waals surface area contributed by atoms with Crippen LogP contribution in [0.2, 0.25) is 0 Å². The molecule has 49 heavy (non-hydrogen) atoms. The molecule has 13 rings (SSSR count). The fourth-order valence-electron chi connectivity index (χ4n) is 13.4. The minimum Gasteiger partial charge on any atom is -0.504 e. The zero-order chi connectivity index (χ0) is 32.4. The molecular formula is C40H43N3O6. The van der Waals surface area contributed by atoms with Crippen LogP contribution in [-0.4, -0.2) is 84.7 Å². The van der Waals surface area contributed by atoms with E-state index >= 15 is 0 Å². The highest BCUT2D eigenvalue weighted by atomic mass is 16.5. The van der Waals surface area contributed by atoms with Gasteiger partial charge in [-0.3, -0.25) is 9.80 Å². The molecule has 4 fully saturated rings. The van der Waals surface area contributed by atoms with Crippen molar-refractivity contribution in [1.82, 2.24) is 14.8 Å². The third kappa shape index (κ3) is 2.87. The number of nitrogens with zero attached hydrogens (tertiary/aromatic N) is 2. The lowest BCUT2D eigenvalue weighted by atomic mass is 9.47. The Morgan fingerprint density at radius 2 is 1.12 bits per heavy atom. The van der Waals surface area contributed by atoms with E-state index in [0.29, 0.717) is 36.2 Å². The summed E-state index contributed by atoms with van der Waals surface area (Å²) in [6, 6.07) is 7.56. The fraction of sp³-hybridized carbons (Fsp3) is 0.600. The summed E-state index contributed by atoms with van der Waals surface area (Å²) in [5.41, 5.74) is 4.93. The second-order valence-electron chi connectivity index (χ2n) is 17.8. The number of likely N-dealkylation sites (tertiary alicyclic amines) is 2. The highest BCUT2D eigenvalue weighted by Crippen LogP contribution is 2.72. The monoisotopic (exact) mass is 661 g/mol. The molecule has 5 heterocycles. The number of aromatic nitrogens is 1. The Bertz CT molecular complexity index is 1910. The van der Waals surface area contributed by atoms with E-state index in [1.54, 1.807) is 12.1 Å². The zero-order valence-corrected chi connectivity index (χ0v) is 27.7. The van der Waals surface area contributed by atoms with Crippen molar-refractivity contribution >= 4 is 0 Å². The van der Waals surface area contributed by atoms with Crippen LogP contribution in [0.15, 0.2) is 24.3 Å². The molecule has 8 atom stereocenters. The summed E-state index contributed by atoms with van der Waals surface area (Å²) < 4.78 is 13.9. The van der Waals surface area contributed by atoms with Gasteiger partial charge in [-0.05, 0) is 111 Å². The van der Waals surface area contributed by atoms with Crippen molar-refractivity contribution in [3.8, 4) is 23.0 Å². The second kappa shape index (κ2) is 8.28. The highest BCUT2D eigenvalue weighted by molar-refractivity contribution is 5.68. The molecule has 2 saturated heterocycles. The number of hydrogen-bond acceptors (Lipinski definition) is 8. The van der Waals surface area contributed by atoms with Gasteiger partial charge in [0.2, 0.25) is 0 Å². The standard InChI is InChI=1S/C40H43N3O6/c44-25-7-5-21-13-27-39(46)15-23-24-16-40(47)28-14-22-6-8-26(45)34-30(22)38(40,10-12-43(28)18-20-3-4-20)36(49-34)32(24)41-31(23)35-37(39,29(21)33(25)48-35)9-11-42(27)17-19-1-2-19/h5-8,19-20,27-28,35-36,41,44-47H,1-4,9-18H2/t27-,28-,35+,36?,37+,38+,39-,40-/m1/s1. The van der Waals surface area contributed by atoms with Crippen molar-refractivity contribution in [2.75, 3.05) is 26.2 Å². The SMILES string of the molecule is Oc1ccc2c3c1OC1c4[nH]c5c(c4C[C@@]4(O)[C@@H](C2)N(CC2CC2)CC[C@]314)C[C@@]1(O)[C@H]2Cc3ccc(O)c4c3[C@@]1(CCN2CC1CC1)[C@H]5O4. The summed E-state index contributed by atoms with van der Waals surface area (Å²) in [6.45, 7) is 3.84. The molecule has 9 heteroatoms. The highest BCUT2D eigenvalue weighted by Gasteiger charge is 2.76. The van der Waals surface area contributed by atoms with Crippen LogP contribution in [-0.2, 0) is 36.5 Å². The van der Waals surface area contributed by atoms with Crippen molar-refractivity contribution in [2.45, 2.75) is 111 Å². The molecule has 4 bridgehead atoms. The molecular weight excluding hydrogens is 618 g/mol. The van der Waals surface area contributed by atoms with Crippen LogP contribution in [0.25, 0.3) is 0 Å². The molecule has 1 aromatic heterocycles. The Labute approximate surface area is 284 Å². The number of H-pyrrole nitrogens is 1. The summed E-state index contributed by atoms with van der Waals surface area (Å²) >= 11 is 0. The lowest BCUT2D eigenvalue weighted by Crippen LogP contribution is -2.75. The Morgan fingerprint density at radius 3 is 1.55 bits per heavy atom. The maximum Gasteiger partial charge on any atom is 0.166 e. The first-order valence-corrected chi connectivity index (χ1v) is 19.0. The number of hydrogen-bond donors (Lipinski definition) is 5. The zero-order valence-electron chi connectivity index (χ0n) is 27.7. The van der Waals surface area contributed by atoms with E-state index in [1.165, 1.54) is 36.8 Å². The fourth-order valence-corrected chi connectivity index (χ4v) is 13.4. The number of rotatable bonds is 4. The van der Waals surface area contributed by atoms with Crippen molar-refractivity contribution in [3.63, 3.8) is 0 Å². The van der Waals surface area contributed by atoms with Gasteiger partial charge < -0.3 is 34.9 Å². The predicted octanol–water partition coefficient (Wildman–Crippen LogP) is 3.82. The number of aromatic amines is 1. The molecule has 1 unspecified atom stereocenters. The lowest BCUT2D eigenvalue weighted by molar-refractivity contribution is -0.176. The number of nitrogens with one attached hydrogen (secondary N) is 1. The molecule has 3 aromatic rings. The Kier molecular flexibility index (Phi) is 4.64. The third-order valence-corrected chi connectivity index (χ3v) is 15.7. The van der Waals surface area contributed by atoms with Gasteiger partial charge in [0.1, 0.15) is 0 Å².